The molecule has 0 aliphatic carbocycles. The van der Waals surface area contributed by atoms with Crippen molar-refractivity contribution in [3.63, 3.8) is 0 Å². The van der Waals surface area contributed by atoms with Crippen LogP contribution in [0.1, 0.15) is 42.5 Å². The smallest absolute Gasteiger partial charge is 0.416 e. The number of hydrogen-bond acceptors (Lipinski definition) is 5. The van der Waals surface area contributed by atoms with Gasteiger partial charge in [0.2, 0.25) is 6.04 Å². The molecule has 0 N–H and O–H groups in total. The van der Waals surface area contributed by atoms with E-state index >= 15 is 0 Å². The van der Waals surface area contributed by atoms with E-state index in [2.05, 4.69) is 0 Å². The van der Waals surface area contributed by atoms with E-state index in [1.165, 1.54) is 12.1 Å². The highest BCUT2D eigenvalue weighted by atomic mass is 19.4. The van der Waals surface area contributed by atoms with Gasteiger partial charge in [-0.15, -0.1) is 0 Å². The van der Waals surface area contributed by atoms with Gasteiger partial charge in [0.05, 0.1) is 18.6 Å². The Morgan fingerprint density at radius 3 is 2.38 bits per heavy atom. The molecule has 1 aliphatic heterocycles. The molecule has 2 aromatic rings. The number of alkyl halides is 3. The van der Waals surface area contributed by atoms with Crippen LogP contribution in [-0.4, -0.2) is 35.0 Å². The molecule has 3 rings (SSSR count). The van der Waals surface area contributed by atoms with E-state index in [0.717, 1.165) is 17.7 Å². The molecule has 0 aromatic heterocycles. The first-order valence-electron chi connectivity index (χ1n) is 10.4. The Kier molecular flexibility index (Phi) is 7.50. The highest BCUT2D eigenvalue weighted by Gasteiger charge is 2.47. The van der Waals surface area contributed by atoms with Gasteiger partial charge in [-0.05, 0) is 43.1 Å². The van der Waals surface area contributed by atoms with Gasteiger partial charge >= 0.3 is 12.1 Å². The van der Waals surface area contributed by atoms with Gasteiger partial charge in [-0.2, -0.15) is 13.2 Å². The molecule has 0 spiro atoms. The van der Waals surface area contributed by atoms with E-state index in [-0.39, 0.29) is 13.0 Å². The Bertz CT molecular complexity index is 919. The molecule has 6 nitrogen and oxygen atoms in total. The summed E-state index contributed by atoms with van der Waals surface area (Å²) in [6.45, 7) is 2.71. The maximum Gasteiger partial charge on any atom is 0.416 e. The minimum absolute atomic E-state index is 0.101. The van der Waals surface area contributed by atoms with E-state index in [1.807, 2.05) is 35.2 Å². The first-order valence-corrected chi connectivity index (χ1v) is 10.4. The van der Waals surface area contributed by atoms with Crippen molar-refractivity contribution in [1.29, 1.82) is 0 Å². The molecule has 32 heavy (non-hydrogen) atoms. The van der Waals surface area contributed by atoms with Gasteiger partial charge in [0.15, 0.2) is 0 Å². The zero-order valence-corrected chi connectivity index (χ0v) is 17.6. The van der Waals surface area contributed by atoms with Crippen molar-refractivity contribution in [2.24, 2.45) is 5.92 Å². The molecular formula is C23H25F3N2O4. The molecule has 1 aliphatic rings. The zero-order chi connectivity index (χ0) is 23.3. The lowest BCUT2D eigenvalue weighted by atomic mass is 9.80. The van der Waals surface area contributed by atoms with Crippen LogP contribution in [0.2, 0.25) is 0 Å². The molecule has 0 radical (unpaired) electrons. The third-order valence-corrected chi connectivity index (χ3v) is 5.77. The Morgan fingerprint density at radius 2 is 1.81 bits per heavy atom. The maximum atomic E-state index is 13.0. The number of rotatable bonds is 7. The van der Waals surface area contributed by atoms with E-state index in [9.17, 15) is 28.1 Å². The number of hydrogen-bond donors (Lipinski definition) is 0. The van der Waals surface area contributed by atoms with Crippen LogP contribution in [-0.2, 0) is 22.3 Å². The summed E-state index contributed by atoms with van der Waals surface area (Å²) >= 11 is 0. The number of esters is 1. The minimum Gasteiger partial charge on any atom is -0.466 e. The molecule has 0 bridgehead atoms. The number of nitro groups is 1. The lowest BCUT2D eigenvalue weighted by Crippen LogP contribution is -2.50. The SMILES string of the molecule is CCOC(=O)C[C@@H]1CCN(Cc2ccccc2)[C@H](c2ccc(C(F)(F)F)cc2)[C@H]1[N+](=O)[O-]. The fourth-order valence-corrected chi connectivity index (χ4v) is 4.33. The Hall–Kier alpha value is -2.94. The van der Waals surface area contributed by atoms with Crippen molar-refractivity contribution < 1.29 is 27.6 Å². The molecule has 0 unspecified atom stereocenters. The zero-order valence-electron chi connectivity index (χ0n) is 17.6. The summed E-state index contributed by atoms with van der Waals surface area (Å²) in [6, 6.07) is 11.9. The van der Waals surface area contributed by atoms with Crippen LogP contribution in [0.25, 0.3) is 0 Å². The Balaban J connectivity index is 1.97. The van der Waals surface area contributed by atoms with Crippen molar-refractivity contribution in [2.75, 3.05) is 13.2 Å². The first kappa shape index (κ1) is 23.7. The van der Waals surface area contributed by atoms with Crippen LogP contribution in [0.5, 0.6) is 0 Å². The predicted molar refractivity (Wildman–Crippen MR) is 111 cm³/mol. The van der Waals surface area contributed by atoms with Gasteiger partial charge in [0, 0.05) is 17.4 Å². The van der Waals surface area contributed by atoms with Crippen molar-refractivity contribution in [3.8, 4) is 0 Å². The van der Waals surface area contributed by atoms with Crippen LogP contribution >= 0.6 is 0 Å². The third kappa shape index (κ3) is 5.64. The number of benzene rings is 2. The number of carbonyl (C=O) groups is 1. The van der Waals surface area contributed by atoms with Gasteiger partial charge in [0.1, 0.15) is 6.04 Å². The molecule has 9 heteroatoms. The van der Waals surface area contributed by atoms with Crippen LogP contribution in [0.4, 0.5) is 13.2 Å². The van der Waals surface area contributed by atoms with Gasteiger partial charge < -0.3 is 4.74 Å². The number of nitrogens with zero attached hydrogens (tertiary/aromatic N) is 2. The van der Waals surface area contributed by atoms with E-state index in [4.69, 9.17) is 4.74 Å². The number of carbonyl (C=O) groups excluding carboxylic acids is 1. The molecule has 0 amide bonds. The van der Waals surface area contributed by atoms with Gasteiger partial charge in [-0.25, -0.2) is 0 Å². The lowest BCUT2D eigenvalue weighted by Gasteiger charge is -2.41. The minimum atomic E-state index is -4.50. The molecular weight excluding hydrogens is 425 g/mol. The van der Waals surface area contributed by atoms with Crippen LogP contribution < -0.4 is 0 Å². The Labute approximate surface area is 184 Å². The number of halogens is 3. The number of ether oxygens (including phenoxy) is 1. The second-order valence-corrected chi connectivity index (χ2v) is 7.85. The van der Waals surface area contributed by atoms with Crippen molar-refractivity contribution >= 4 is 5.97 Å². The highest BCUT2D eigenvalue weighted by molar-refractivity contribution is 5.69. The summed E-state index contributed by atoms with van der Waals surface area (Å²) in [7, 11) is 0. The largest absolute Gasteiger partial charge is 0.466 e. The molecule has 2 aromatic carbocycles. The molecule has 1 fully saturated rings. The fraction of sp³-hybridized carbons (Fsp3) is 0.435. The summed E-state index contributed by atoms with van der Waals surface area (Å²) in [5, 5.41) is 12.2. The summed E-state index contributed by atoms with van der Waals surface area (Å²) in [5.41, 5.74) is 0.548. The normalized spacial score (nSPS) is 21.8. The maximum absolute atomic E-state index is 13.0. The summed E-state index contributed by atoms with van der Waals surface area (Å²) in [5.74, 6) is -1.09. The molecule has 1 saturated heterocycles. The average Bonchev–Trinajstić information content (AvgIpc) is 2.74. The van der Waals surface area contributed by atoms with Gasteiger partial charge in [-0.1, -0.05) is 42.5 Å². The molecule has 3 atom stereocenters. The monoisotopic (exact) mass is 450 g/mol. The number of likely N-dealkylation sites (tertiary alicyclic amines) is 1. The van der Waals surface area contributed by atoms with E-state index in [1.54, 1.807) is 6.92 Å². The summed E-state index contributed by atoms with van der Waals surface area (Å²) < 4.78 is 44.1. The number of piperidine rings is 1. The summed E-state index contributed by atoms with van der Waals surface area (Å²) in [4.78, 5) is 25.7. The molecule has 0 saturated carbocycles. The third-order valence-electron chi connectivity index (χ3n) is 5.77. The Morgan fingerprint density at radius 1 is 1.16 bits per heavy atom. The molecule has 172 valence electrons. The van der Waals surface area contributed by atoms with E-state index < -0.39 is 40.6 Å². The first-order chi connectivity index (χ1) is 15.2. The van der Waals surface area contributed by atoms with Crippen molar-refractivity contribution in [2.45, 2.75) is 44.6 Å². The van der Waals surface area contributed by atoms with Gasteiger partial charge in [-0.3, -0.25) is 19.8 Å². The standard InChI is InChI=1S/C23H25F3N2O4/c1-2-32-20(29)14-18-12-13-27(15-16-6-4-3-5-7-16)21(22(18)28(30)31)17-8-10-19(11-9-17)23(24,25)26/h3-11,18,21-22H,2,12-15H2,1H3/t18-,21+,22-/m0/s1. The van der Waals surface area contributed by atoms with Gasteiger partial charge in [0.25, 0.3) is 0 Å². The average molecular weight is 450 g/mol. The predicted octanol–water partition coefficient (Wildman–Crippen LogP) is 4.87. The van der Waals surface area contributed by atoms with Crippen molar-refractivity contribution in [1.82, 2.24) is 4.90 Å². The van der Waals surface area contributed by atoms with Crippen LogP contribution in [0.3, 0.4) is 0 Å². The van der Waals surface area contributed by atoms with Crippen LogP contribution in [0, 0.1) is 16.0 Å². The second kappa shape index (κ2) is 10.1. The summed E-state index contributed by atoms with van der Waals surface area (Å²) in [6.07, 6.45) is -4.19. The second-order valence-electron chi connectivity index (χ2n) is 7.85. The molecule has 1 heterocycles. The van der Waals surface area contributed by atoms with Crippen LogP contribution in [0.15, 0.2) is 54.6 Å². The fourth-order valence-electron chi connectivity index (χ4n) is 4.33. The van der Waals surface area contributed by atoms with Crippen molar-refractivity contribution in [3.05, 3.63) is 81.4 Å². The highest BCUT2D eigenvalue weighted by Crippen LogP contribution is 2.40. The topological polar surface area (TPSA) is 72.7 Å². The quantitative estimate of drug-likeness (QED) is 0.342. The lowest BCUT2D eigenvalue weighted by molar-refractivity contribution is -0.545. The van der Waals surface area contributed by atoms with E-state index in [0.29, 0.717) is 25.1 Å².